The summed E-state index contributed by atoms with van der Waals surface area (Å²) in [7, 11) is 1.53. The van der Waals surface area contributed by atoms with Crippen molar-refractivity contribution in [2.24, 2.45) is 0 Å². The van der Waals surface area contributed by atoms with Crippen LogP contribution in [0.5, 0.6) is 17.2 Å². The number of methoxy groups -OCH3 is 1. The Morgan fingerprint density at radius 1 is 1.00 bits per heavy atom. The average molecular weight is 534 g/mol. The second-order valence-electron chi connectivity index (χ2n) is 8.09. The van der Waals surface area contributed by atoms with E-state index in [1.807, 2.05) is 12.1 Å². The maximum atomic E-state index is 12.4. The minimum absolute atomic E-state index is 0.0937. The Bertz CT molecular complexity index is 1560. The Morgan fingerprint density at radius 2 is 1.79 bits per heavy atom. The molecule has 1 aromatic heterocycles. The highest BCUT2D eigenvalue weighted by Crippen LogP contribution is 2.29. The van der Waals surface area contributed by atoms with Gasteiger partial charge in [0.25, 0.3) is 5.91 Å². The summed E-state index contributed by atoms with van der Waals surface area (Å²) in [5.41, 5.74) is 0.972. The lowest BCUT2D eigenvalue weighted by Crippen LogP contribution is -2.27. The first-order chi connectivity index (χ1) is 18.4. The zero-order valence-electron chi connectivity index (χ0n) is 20.7. The third-order valence-electron chi connectivity index (χ3n) is 5.41. The SMILES string of the molecule is CCNC(=O)c1cc2ccc(OC(=O)/C=C/c3ccc(OCc4ccc(Cl)cc4)c(OC)c3)cc2oc1=O. The highest BCUT2D eigenvalue weighted by Gasteiger charge is 2.14. The van der Waals surface area contributed by atoms with E-state index < -0.39 is 17.5 Å². The van der Waals surface area contributed by atoms with E-state index in [4.69, 9.17) is 30.2 Å². The number of fused-ring (bicyclic) bond motifs is 1. The number of ether oxygens (including phenoxy) is 3. The van der Waals surface area contributed by atoms with Gasteiger partial charge in [-0.1, -0.05) is 29.8 Å². The fraction of sp³-hybridized carbons (Fsp3) is 0.138. The molecule has 1 N–H and O–H groups in total. The molecule has 9 heteroatoms. The molecule has 0 saturated heterocycles. The maximum absolute atomic E-state index is 12.4. The van der Waals surface area contributed by atoms with E-state index in [-0.39, 0.29) is 16.9 Å². The number of rotatable bonds is 9. The van der Waals surface area contributed by atoms with Gasteiger partial charge in [0, 0.05) is 29.1 Å². The number of benzene rings is 3. The third-order valence-corrected chi connectivity index (χ3v) is 5.67. The van der Waals surface area contributed by atoms with Crippen LogP contribution in [0.15, 0.2) is 82.0 Å². The van der Waals surface area contributed by atoms with Gasteiger partial charge in [0.2, 0.25) is 0 Å². The largest absolute Gasteiger partial charge is 0.493 e. The van der Waals surface area contributed by atoms with E-state index in [2.05, 4.69) is 5.32 Å². The van der Waals surface area contributed by atoms with Gasteiger partial charge in [0.05, 0.1) is 7.11 Å². The number of amides is 1. The van der Waals surface area contributed by atoms with Gasteiger partial charge in [0.15, 0.2) is 11.5 Å². The first-order valence-corrected chi connectivity index (χ1v) is 12.1. The summed E-state index contributed by atoms with van der Waals surface area (Å²) in [6, 6.07) is 18.6. The van der Waals surface area contributed by atoms with E-state index in [9.17, 15) is 14.4 Å². The molecule has 3 aromatic carbocycles. The van der Waals surface area contributed by atoms with E-state index in [0.29, 0.717) is 40.6 Å². The van der Waals surface area contributed by atoms with Gasteiger partial charge in [-0.25, -0.2) is 9.59 Å². The number of carbonyl (C=O) groups is 2. The molecule has 0 spiro atoms. The van der Waals surface area contributed by atoms with Gasteiger partial charge in [-0.3, -0.25) is 4.79 Å². The third kappa shape index (κ3) is 6.60. The lowest BCUT2D eigenvalue weighted by molar-refractivity contribution is -0.128. The van der Waals surface area contributed by atoms with Crippen molar-refractivity contribution < 1.29 is 28.2 Å². The molecule has 1 amide bonds. The number of esters is 1. The van der Waals surface area contributed by atoms with Crippen LogP contribution < -0.4 is 25.2 Å². The first-order valence-electron chi connectivity index (χ1n) is 11.7. The number of hydrogen-bond donors (Lipinski definition) is 1. The smallest absolute Gasteiger partial charge is 0.349 e. The second kappa shape index (κ2) is 12.1. The van der Waals surface area contributed by atoms with Gasteiger partial charge >= 0.3 is 11.6 Å². The van der Waals surface area contributed by atoms with Crippen LogP contribution in [-0.2, 0) is 11.4 Å². The van der Waals surface area contributed by atoms with Crippen molar-refractivity contribution in [1.29, 1.82) is 0 Å². The Morgan fingerprint density at radius 3 is 2.53 bits per heavy atom. The molecule has 0 unspecified atom stereocenters. The van der Waals surface area contributed by atoms with Gasteiger partial charge in [0.1, 0.15) is 23.5 Å². The molecule has 0 saturated carbocycles. The Labute approximate surface area is 223 Å². The van der Waals surface area contributed by atoms with Crippen LogP contribution >= 0.6 is 11.6 Å². The second-order valence-corrected chi connectivity index (χ2v) is 8.52. The molecule has 0 bridgehead atoms. The van der Waals surface area contributed by atoms with Crippen molar-refractivity contribution in [3.05, 3.63) is 105 Å². The molecular weight excluding hydrogens is 510 g/mol. The maximum Gasteiger partial charge on any atom is 0.349 e. The van der Waals surface area contributed by atoms with Crippen LogP contribution in [0.3, 0.4) is 0 Å². The van der Waals surface area contributed by atoms with E-state index >= 15 is 0 Å². The molecular formula is C29H24ClNO7. The summed E-state index contributed by atoms with van der Waals surface area (Å²) >= 11 is 5.92. The van der Waals surface area contributed by atoms with Crippen molar-refractivity contribution in [3.63, 3.8) is 0 Å². The lowest BCUT2D eigenvalue weighted by atomic mass is 10.1. The van der Waals surface area contributed by atoms with Crippen molar-refractivity contribution in [3.8, 4) is 17.2 Å². The van der Waals surface area contributed by atoms with Crippen LogP contribution in [0.2, 0.25) is 5.02 Å². The Kier molecular flexibility index (Phi) is 8.45. The molecule has 4 aromatic rings. The van der Waals surface area contributed by atoms with Crippen molar-refractivity contribution in [1.82, 2.24) is 5.32 Å². The van der Waals surface area contributed by atoms with Gasteiger partial charge in [-0.15, -0.1) is 0 Å². The summed E-state index contributed by atoms with van der Waals surface area (Å²) in [6.45, 7) is 2.47. The predicted molar refractivity (Wildman–Crippen MR) is 144 cm³/mol. The minimum atomic E-state index is -0.777. The monoisotopic (exact) mass is 533 g/mol. The average Bonchev–Trinajstić information content (AvgIpc) is 2.91. The molecule has 0 aliphatic heterocycles. The molecule has 0 aliphatic rings. The number of hydrogen-bond acceptors (Lipinski definition) is 7. The summed E-state index contributed by atoms with van der Waals surface area (Å²) < 4.78 is 21.9. The summed E-state index contributed by atoms with van der Waals surface area (Å²) in [6.07, 6.45) is 2.84. The van der Waals surface area contributed by atoms with E-state index in [1.165, 1.54) is 25.3 Å². The zero-order chi connectivity index (χ0) is 27.1. The van der Waals surface area contributed by atoms with Gasteiger partial charge < -0.3 is 23.9 Å². The first kappa shape index (κ1) is 26.5. The zero-order valence-corrected chi connectivity index (χ0v) is 21.4. The predicted octanol–water partition coefficient (Wildman–Crippen LogP) is 5.40. The molecule has 0 radical (unpaired) electrons. The van der Waals surface area contributed by atoms with Crippen molar-refractivity contribution in [2.75, 3.05) is 13.7 Å². The van der Waals surface area contributed by atoms with Gasteiger partial charge in [-0.05, 0) is 66.6 Å². The Balaban J connectivity index is 1.41. The summed E-state index contributed by atoms with van der Waals surface area (Å²) in [5.74, 6) is 0.0972. The summed E-state index contributed by atoms with van der Waals surface area (Å²) in [4.78, 5) is 36.6. The fourth-order valence-electron chi connectivity index (χ4n) is 3.53. The van der Waals surface area contributed by atoms with Crippen LogP contribution in [0.1, 0.15) is 28.4 Å². The van der Waals surface area contributed by atoms with E-state index in [1.54, 1.807) is 55.5 Å². The van der Waals surface area contributed by atoms with Crippen LogP contribution in [0.25, 0.3) is 17.0 Å². The lowest BCUT2D eigenvalue weighted by Gasteiger charge is -2.11. The van der Waals surface area contributed by atoms with Crippen LogP contribution in [0, 0.1) is 0 Å². The molecule has 1 heterocycles. The fourth-order valence-corrected chi connectivity index (χ4v) is 3.66. The standard InChI is InChI=1S/C29H24ClNO7/c1-3-31-28(33)23-15-20-8-11-22(16-25(20)38-29(23)34)37-27(32)13-7-18-6-12-24(26(14-18)35-2)36-17-19-4-9-21(30)10-5-19/h4-16H,3,17H2,1-2H3,(H,31,33)/b13-7+. The number of carbonyl (C=O) groups excluding carboxylic acids is 2. The van der Waals surface area contributed by atoms with Crippen molar-refractivity contribution >= 4 is 40.5 Å². The highest BCUT2D eigenvalue weighted by molar-refractivity contribution is 6.30. The van der Waals surface area contributed by atoms with Crippen LogP contribution in [0.4, 0.5) is 0 Å². The molecule has 38 heavy (non-hydrogen) atoms. The molecule has 0 fully saturated rings. The molecule has 0 atom stereocenters. The molecule has 0 aliphatic carbocycles. The number of halogens is 1. The Hall–Kier alpha value is -4.56. The quantitative estimate of drug-likeness (QED) is 0.133. The minimum Gasteiger partial charge on any atom is -0.493 e. The number of nitrogens with one attached hydrogen (secondary N) is 1. The van der Waals surface area contributed by atoms with Gasteiger partial charge in [-0.2, -0.15) is 0 Å². The summed E-state index contributed by atoms with van der Waals surface area (Å²) in [5, 5.41) is 3.74. The molecule has 4 rings (SSSR count). The van der Waals surface area contributed by atoms with Crippen molar-refractivity contribution in [2.45, 2.75) is 13.5 Å². The van der Waals surface area contributed by atoms with Crippen LogP contribution in [-0.4, -0.2) is 25.5 Å². The van der Waals surface area contributed by atoms with E-state index in [0.717, 1.165) is 5.56 Å². The topological polar surface area (TPSA) is 104 Å². The normalized spacial score (nSPS) is 10.9. The highest BCUT2D eigenvalue weighted by atomic mass is 35.5. The molecule has 8 nitrogen and oxygen atoms in total. The molecule has 194 valence electrons.